The minimum atomic E-state index is -3.32. The highest BCUT2D eigenvalue weighted by molar-refractivity contribution is 7.89. The van der Waals surface area contributed by atoms with Gasteiger partial charge in [0.15, 0.2) is 0 Å². The lowest BCUT2D eigenvalue weighted by molar-refractivity contribution is -0.00283. The summed E-state index contributed by atoms with van der Waals surface area (Å²) >= 11 is 0. The first-order valence-electron chi connectivity index (χ1n) is 7.34. The average Bonchev–Trinajstić information content (AvgIpc) is 2.55. The zero-order chi connectivity index (χ0) is 15.8. The fourth-order valence-corrected chi connectivity index (χ4v) is 3.59. The maximum Gasteiger partial charge on any atom is 0.216 e. The van der Waals surface area contributed by atoms with Crippen LogP contribution < -0.4 is 0 Å². The van der Waals surface area contributed by atoms with Gasteiger partial charge in [-0.25, -0.2) is 8.42 Å². The van der Waals surface area contributed by atoms with E-state index in [0.29, 0.717) is 32.9 Å². The van der Waals surface area contributed by atoms with Gasteiger partial charge in [0.1, 0.15) is 0 Å². The Morgan fingerprint density at radius 2 is 2.00 bits per heavy atom. The van der Waals surface area contributed by atoms with Gasteiger partial charge >= 0.3 is 0 Å². The second kappa shape index (κ2) is 8.59. The number of nitrogens with zero attached hydrogens (tertiary/aromatic N) is 1. The molecule has 1 atom stereocenters. The Balaban J connectivity index is 1.88. The van der Waals surface area contributed by atoms with Crippen LogP contribution in [0.3, 0.4) is 0 Å². The van der Waals surface area contributed by atoms with Crippen LogP contribution in [0.15, 0.2) is 30.3 Å². The van der Waals surface area contributed by atoms with Gasteiger partial charge < -0.3 is 14.2 Å². The van der Waals surface area contributed by atoms with Crippen molar-refractivity contribution in [2.24, 2.45) is 0 Å². The number of sulfonamides is 1. The lowest BCUT2D eigenvalue weighted by Crippen LogP contribution is -2.43. The lowest BCUT2D eigenvalue weighted by Gasteiger charge is -2.32. The van der Waals surface area contributed by atoms with Gasteiger partial charge in [-0.1, -0.05) is 30.3 Å². The average molecular weight is 329 g/mol. The molecule has 7 heteroatoms. The van der Waals surface area contributed by atoms with E-state index in [9.17, 15) is 8.42 Å². The first-order chi connectivity index (χ1) is 10.6. The molecule has 6 nitrogen and oxygen atoms in total. The van der Waals surface area contributed by atoms with Crippen LogP contribution in [-0.2, 0) is 24.2 Å². The van der Waals surface area contributed by atoms with Crippen LogP contribution in [0.4, 0.5) is 0 Å². The summed E-state index contributed by atoms with van der Waals surface area (Å²) in [6.45, 7) is 2.20. The number of rotatable bonds is 8. The van der Waals surface area contributed by atoms with Gasteiger partial charge in [0, 0.05) is 20.2 Å². The molecule has 1 aliphatic rings. The summed E-state index contributed by atoms with van der Waals surface area (Å²) in [4.78, 5) is 0. The van der Waals surface area contributed by atoms with Crippen molar-refractivity contribution in [2.45, 2.75) is 6.10 Å². The van der Waals surface area contributed by atoms with Crippen molar-refractivity contribution in [3.05, 3.63) is 35.9 Å². The molecule has 2 rings (SSSR count). The summed E-state index contributed by atoms with van der Waals surface area (Å²) in [5.74, 6) is -0.0157. The summed E-state index contributed by atoms with van der Waals surface area (Å²) in [6.07, 6.45) is -0.209. The van der Waals surface area contributed by atoms with Crippen LogP contribution >= 0.6 is 0 Å². The van der Waals surface area contributed by atoms with Crippen LogP contribution in [0.1, 0.15) is 11.7 Å². The fraction of sp³-hybridized carbons (Fsp3) is 0.600. The van der Waals surface area contributed by atoms with Crippen molar-refractivity contribution >= 4 is 10.0 Å². The normalized spacial score (nSPS) is 20.1. The lowest BCUT2D eigenvalue weighted by atomic mass is 10.1. The number of benzene rings is 1. The summed E-state index contributed by atoms with van der Waals surface area (Å²) in [5, 5.41) is 0. The van der Waals surface area contributed by atoms with E-state index in [4.69, 9.17) is 14.2 Å². The van der Waals surface area contributed by atoms with E-state index in [2.05, 4.69) is 0 Å². The molecular formula is C15H23NO5S. The summed E-state index contributed by atoms with van der Waals surface area (Å²) in [5.41, 5.74) is 0.999. The van der Waals surface area contributed by atoms with Gasteiger partial charge in [-0.15, -0.1) is 0 Å². The molecule has 0 radical (unpaired) electrons. The molecule has 1 aliphatic heterocycles. The molecule has 1 unspecified atom stereocenters. The number of ether oxygens (including phenoxy) is 3. The van der Waals surface area contributed by atoms with E-state index in [1.54, 1.807) is 7.11 Å². The van der Waals surface area contributed by atoms with E-state index in [-0.39, 0.29) is 18.5 Å². The zero-order valence-electron chi connectivity index (χ0n) is 12.8. The van der Waals surface area contributed by atoms with E-state index >= 15 is 0 Å². The smallest absolute Gasteiger partial charge is 0.216 e. The molecule has 22 heavy (non-hydrogen) atoms. The quantitative estimate of drug-likeness (QED) is 0.667. The van der Waals surface area contributed by atoms with Crippen molar-refractivity contribution in [1.29, 1.82) is 0 Å². The highest BCUT2D eigenvalue weighted by atomic mass is 32.2. The first kappa shape index (κ1) is 17.4. The van der Waals surface area contributed by atoms with E-state index in [1.807, 2.05) is 30.3 Å². The minimum Gasteiger partial charge on any atom is -0.382 e. The molecule has 0 amide bonds. The Morgan fingerprint density at radius 1 is 1.23 bits per heavy atom. The molecule has 1 saturated heterocycles. The number of methoxy groups -OCH3 is 1. The fourth-order valence-electron chi connectivity index (χ4n) is 2.29. The summed E-state index contributed by atoms with van der Waals surface area (Å²) in [7, 11) is -1.74. The van der Waals surface area contributed by atoms with Gasteiger partial charge in [0.2, 0.25) is 10.0 Å². The van der Waals surface area contributed by atoms with Crippen LogP contribution in [0.2, 0.25) is 0 Å². The number of morpholine rings is 1. The zero-order valence-corrected chi connectivity index (χ0v) is 13.6. The Hall–Kier alpha value is -0.990. The molecule has 0 bridgehead atoms. The van der Waals surface area contributed by atoms with E-state index in [1.165, 1.54) is 4.31 Å². The van der Waals surface area contributed by atoms with Gasteiger partial charge in [0.25, 0.3) is 0 Å². The van der Waals surface area contributed by atoms with Crippen molar-refractivity contribution in [3.63, 3.8) is 0 Å². The van der Waals surface area contributed by atoms with E-state index in [0.717, 1.165) is 5.56 Å². The third-order valence-corrected chi connectivity index (χ3v) is 5.31. The number of hydrogen-bond acceptors (Lipinski definition) is 5. The van der Waals surface area contributed by atoms with Crippen molar-refractivity contribution in [3.8, 4) is 0 Å². The molecule has 1 fully saturated rings. The Morgan fingerprint density at radius 3 is 2.73 bits per heavy atom. The third-order valence-electron chi connectivity index (χ3n) is 3.51. The molecule has 0 spiro atoms. The maximum absolute atomic E-state index is 12.4. The molecule has 0 saturated carbocycles. The second-order valence-electron chi connectivity index (χ2n) is 5.05. The summed E-state index contributed by atoms with van der Waals surface area (Å²) in [6, 6.07) is 9.69. The van der Waals surface area contributed by atoms with Gasteiger partial charge in [-0.3, -0.25) is 0 Å². The third kappa shape index (κ3) is 5.03. The second-order valence-corrected chi connectivity index (χ2v) is 7.14. The maximum atomic E-state index is 12.4. The molecule has 1 heterocycles. The molecule has 1 aromatic carbocycles. The minimum absolute atomic E-state index is 0.0157. The van der Waals surface area contributed by atoms with Crippen molar-refractivity contribution in [2.75, 3.05) is 52.4 Å². The SMILES string of the molecule is COCCOCCS(=O)(=O)N1CCOC(c2ccccc2)C1. The highest BCUT2D eigenvalue weighted by Crippen LogP contribution is 2.23. The Labute approximate surface area is 132 Å². The Bertz CT molecular complexity index is 534. The van der Waals surface area contributed by atoms with Crippen LogP contribution in [0.25, 0.3) is 0 Å². The van der Waals surface area contributed by atoms with Crippen molar-refractivity contribution < 1.29 is 22.6 Å². The predicted octanol–water partition coefficient (Wildman–Crippen LogP) is 1.05. The van der Waals surface area contributed by atoms with Gasteiger partial charge in [0.05, 0.1) is 38.3 Å². The topological polar surface area (TPSA) is 65.1 Å². The molecule has 0 aromatic heterocycles. The predicted molar refractivity (Wildman–Crippen MR) is 83.2 cm³/mol. The molecule has 124 valence electrons. The summed E-state index contributed by atoms with van der Waals surface area (Å²) < 4.78 is 42.0. The monoisotopic (exact) mass is 329 g/mol. The van der Waals surface area contributed by atoms with Crippen LogP contribution in [-0.4, -0.2) is 65.1 Å². The van der Waals surface area contributed by atoms with E-state index < -0.39 is 10.0 Å². The number of hydrogen-bond donors (Lipinski definition) is 0. The standard InChI is InChI=1S/C15H23NO5S/c1-19-9-10-20-11-12-22(17,18)16-7-8-21-15(13-16)14-5-3-2-4-6-14/h2-6,15H,7-13H2,1H3. The molecule has 0 N–H and O–H groups in total. The van der Waals surface area contributed by atoms with Crippen LogP contribution in [0, 0.1) is 0 Å². The first-order valence-corrected chi connectivity index (χ1v) is 8.95. The largest absolute Gasteiger partial charge is 0.382 e. The van der Waals surface area contributed by atoms with Gasteiger partial charge in [-0.2, -0.15) is 4.31 Å². The van der Waals surface area contributed by atoms with Crippen molar-refractivity contribution in [1.82, 2.24) is 4.31 Å². The molecule has 1 aromatic rings. The Kier molecular flexibility index (Phi) is 6.78. The molecular weight excluding hydrogens is 306 g/mol. The molecule has 0 aliphatic carbocycles. The highest BCUT2D eigenvalue weighted by Gasteiger charge is 2.29. The van der Waals surface area contributed by atoms with Crippen LogP contribution in [0.5, 0.6) is 0 Å². The van der Waals surface area contributed by atoms with Gasteiger partial charge in [-0.05, 0) is 5.56 Å².